The standard InChI is InChI=1S/C19H42N4O2/c1-5-6-15-24-17-18-25-16-13-22-19(20-2)21-12-10-8-7-9-11-14-23(3)4/h5-18H2,1-4H3,(H2,20,21,22). The van der Waals surface area contributed by atoms with Crippen molar-refractivity contribution in [2.45, 2.75) is 51.9 Å². The van der Waals surface area contributed by atoms with Gasteiger partial charge in [0.1, 0.15) is 0 Å². The second kappa shape index (κ2) is 19.5. The molecule has 25 heavy (non-hydrogen) atoms. The van der Waals surface area contributed by atoms with Crippen LogP contribution in [-0.4, -0.2) is 78.1 Å². The largest absolute Gasteiger partial charge is 0.379 e. The SMILES string of the molecule is CCCCOCCOCCNC(=NC)NCCCCCCCN(C)C. The molecule has 0 fully saturated rings. The molecule has 0 aromatic rings. The van der Waals surface area contributed by atoms with Crippen molar-refractivity contribution in [3.05, 3.63) is 0 Å². The molecule has 0 heterocycles. The van der Waals surface area contributed by atoms with Gasteiger partial charge in [-0.25, -0.2) is 0 Å². The molecular formula is C19H42N4O2. The Balaban J connectivity index is 3.34. The lowest BCUT2D eigenvalue weighted by atomic mass is 10.1. The topological polar surface area (TPSA) is 58.1 Å². The van der Waals surface area contributed by atoms with E-state index in [4.69, 9.17) is 9.47 Å². The van der Waals surface area contributed by atoms with E-state index in [0.29, 0.717) is 19.8 Å². The Bertz CT molecular complexity index is 299. The number of unbranched alkanes of at least 4 members (excludes halogenated alkanes) is 5. The lowest BCUT2D eigenvalue weighted by Gasteiger charge is -2.12. The first kappa shape index (κ1) is 24.1. The predicted molar refractivity (Wildman–Crippen MR) is 108 cm³/mol. The van der Waals surface area contributed by atoms with E-state index in [2.05, 4.69) is 41.5 Å². The molecule has 0 aliphatic carbocycles. The summed E-state index contributed by atoms with van der Waals surface area (Å²) >= 11 is 0. The van der Waals surface area contributed by atoms with Crippen molar-refractivity contribution in [2.24, 2.45) is 4.99 Å². The molecule has 0 aliphatic rings. The van der Waals surface area contributed by atoms with Crippen LogP contribution >= 0.6 is 0 Å². The van der Waals surface area contributed by atoms with Crippen molar-refractivity contribution < 1.29 is 9.47 Å². The fourth-order valence-electron chi connectivity index (χ4n) is 2.32. The van der Waals surface area contributed by atoms with E-state index in [1.807, 2.05) is 0 Å². The quantitative estimate of drug-likeness (QED) is 0.238. The zero-order chi connectivity index (χ0) is 18.6. The van der Waals surface area contributed by atoms with Gasteiger partial charge in [-0.1, -0.05) is 32.6 Å². The third-order valence-electron chi connectivity index (χ3n) is 3.85. The summed E-state index contributed by atoms with van der Waals surface area (Å²) in [6.07, 6.45) is 8.70. The fraction of sp³-hybridized carbons (Fsp3) is 0.947. The fourth-order valence-corrected chi connectivity index (χ4v) is 2.32. The summed E-state index contributed by atoms with van der Waals surface area (Å²) in [5, 5.41) is 6.63. The van der Waals surface area contributed by atoms with Crippen LogP contribution in [0.3, 0.4) is 0 Å². The molecule has 0 spiro atoms. The molecule has 0 saturated carbocycles. The zero-order valence-corrected chi connectivity index (χ0v) is 17.1. The summed E-state index contributed by atoms with van der Waals surface area (Å²) in [4.78, 5) is 6.48. The Morgan fingerprint density at radius 1 is 0.800 bits per heavy atom. The van der Waals surface area contributed by atoms with Gasteiger partial charge >= 0.3 is 0 Å². The van der Waals surface area contributed by atoms with Crippen molar-refractivity contribution in [1.29, 1.82) is 0 Å². The first-order valence-corrected chi connectivity index (χ1v) is 9.95. The van der Waals surface area contributed by atoms with Crippen LogP contribution in [0, 0.1) is 0 Å². The lowest BCUT2D eigenvalue weighted by molar-refractivity contribution is 0.0487. The minimum Gasteiger partial charge on any atom is -0.379 e. The lowest BCUT2D eigenvalue weighted by Crippen LogP contribution is -2.39. The molecule has 0 unspecified atom stereocenters. The highest BCUT2D eigenvalue weighted by atomic mass is 16.5. The van der Waals surface area contributed by atoms with Gasteiger partial charge in [0.15, 0.2) is 5.96 Å². The van der Waals surface area contributed by atoms with Gasteiger partial charge in [0.2, 0.25) is 0 Å². The summed E-state index contributed by atoms with van der Waals surface area (Å²) in [7, 11) is 6.07. The Hall–Kier alpha value is -0.850. The molecule has 150 valence electrons. The molecule has 6 nitrogen and oxygen atoms in total. The van der Waals surface area contributed by atoms with E-state index in [-0.39, 0.29) is 0 Å². The number of rotatable bonds is 17. The van der Waals surface area contributed by atoms with Gasteiger partial charge in [0.05, 0.1) is 19.8 Å². The van der Waals surface area contributed by atoms with Gasteiger partial charge < -0.3 is 25.0 Å². The van der Waals surface area contributed by atoms with Crippen LogP contribution in [0.2, 0.25) is 0 Å². The molecule has 0 amide bonds. The second-order valence-corrected chi connectivity index (χ2v) is 6.58. The minimum absolute atomic E-state index is 0.658. The van der Waals surface area contributed by atoms with Gasteiger partial charge in [-0.05, 0) is 39.9 Å². The molecule has 0 rings (SSSR count). The Kier molecular flexibility index (Phi) is 18.8. The highest BCUT2D eigenvalue weighted by Gasteiger charge is 1.97. The summed E-state index contributed by atoms with van der Waals surface area (Å²) in [5.74, 6) is 0.857. The number of nitrogens with zero attached hydrogens (tertiary/aromatic N) is 2. The van der Waals surface area contributed by atoms with Crippen LogP contribution in [0.4, 0.5) is 0 Å². The Labute approximate surface area is 155 Å². The average Bonchev–Trinajstić information content (AvgIpc) is 2.60. The van der Waals surface area contributed by atoms with E-state index >= 15 is 0 Å². The van der Waals surface area contributed by atoms with Crippen molar-refractivity contribution in [3.63, 3.8) is 0 Å². The maximum absolute atomic E-state index is 5.53. The second-order valence-electron chi connectivity index (χ2n) is 6.58. The van der Waals surface area contributed by atoms with Gasteiger partial charge in [0, 0.05) is 26.7 Å². The molecule has 0 aliphatic heterocycles. The molecule has 0 aromatic carbocycles. The van der Waals surface area contributed by atoms with Gasteiger partial charge in [-0.3, -0.25) is 4.99 Å². The highest BCUT2D eigenvalue weighted by Crippen LogP contribution is 2.02. The highest BCUT2D eigenvalue weighted by molar-refractivity contribution is 5.79. The molecule has 0 saturated heterocycles. The van der Waals surface area contributed by atoms with Crippen LogP contribution in [-0.2, 0) is 9.47 Å². The summed E-state index contributed by atoms with van der Waals surface area (Å²) in [6.45, 7) is 7.94. The molecule has 6 heteroatoms. The monoisotopic (exact) mass is 358 g/mol. The van der Waals surface area contributed by atoms with Crippen molar-refractivity contribution in [1.82, 2.24) is 15.5 Å². The van der Waals surface area contributed by atoms with Gasteiger partial charge in [-0.15, -0.1) is 0 Å². The van der Waals surface area contributed by atoms with E-state index in [1.165, 1.54) is 45.1 Å². The molecule has 0 atom stereocenters. The van der Waals surface area contributed by atoms with Crippen molar-refractivity contribution in [2.75, 3.05) is 67.2 Å². The third-order valence-corrected chi connectivity index (χ3v) is 3.85. The minimum atomic E-state index is 0.658. The zero-order valence-electron chi connectivity index (χ0n) is 17.1. The Morgan fingerprint density at radius 3 is 2.12 bits per heavy atom. The summed E-state index contributed by atoms with van der Waals surface area (Å²) in [5.41, 5.74) is 0. The normalized spacial score (nSPS) is 12.0. The van der Waals surface area contributed by atoms with E-state index in [0.717, 1.165) is 32.1 Å². The number of guanidine groups is 1. The summed E-state index contributed by atoms with van der Waals surface area (Å²) in [6, 6.07) is 0. The van der Waals surface area contributed by atoms with Crippen LogP contribution < -0.4 is 10.6 Å². The average molecular weight is 359 g/mol. The van der Waals surface area contributed by atoms with Crippen molar-refractivity contribution in [3.8, 4) is 0 Å². The van der Waals surface area contributed by atoms with Crippen LogP contribution in [0.25, 0.3) is 0 Å². The smallest absolute Gasteiger partial charge is 0.191 e. The van der Waals surface area contributed by atoms with E-state index in [9.17, 15) is 0 Å². The number of aliphatic imine (C=N–C) groups is 1. The first-order valence-electron chi connectivity index (χ1n) is 9.95. The molecule has 0 bridgehead atoms. The van der Waals surface area contributed by atoms with Crippen LogP contribution in [0.1, 0.15) is 51.9 Å². The Morgan fingerprint density at radius 2 is 1.44 bits per heavy atom. The molecule has 2 N–H and O–H groups in total. The third kappa shape index (κ3) is 19.3. The molecular weight excluding hydrogens is 316 g/mol. The maximum Gasteiger partial charge on any atom is 0.191 e. The molecule has 0 radical (unpaired) electrons. The first-order chi connectivity index (χ1) is 12.2. The van der Waals surface area contributed by atoms with Gasteiger partial charge in [0.25, 0.3) is 0 Å². The maximum atomic E-state index is 5.53. The number of nitrogens with one attached hydrogen (secondary N) is 2. The molecule has 0 aromatic heterocycles. The number of ether oxygens (including phenoxy) is 2. The van der Waals surface area contributed by atoms with Gasteiger partial charge in [-0.2, -0.15) is 0 Å². The number of hydrogen-bond donors (Lipinski definition) is 2. The summed E-state index contributed by atoms with van der Waals surface area (Å²) < 4.78 is 11.0. The predicted octanol–water partition coefficient (Wildman–Crippen LogP) is 2.50. The van der Waals surface area contributed by atoms with E-state index in [1.54, 1.807) is 7.05 Å². The van der Waals surface area contributed by atoms with Crippen molar-refractivity contribution >= 4 is 5.96 Å². The van der Waals surface area contributed by atoms with Crippen LogP contribution in [0.15, 0.2) is 4.99 Å². The number of hydrogen-bond acceptors (Lipinski definition) is 4. The van der Waals surface area contributed by atoms with Crippen LogP contribution in [0.5, 0.6) is 0 Å². The van der Waals surface area contributed by atoms with E-state index < -0.39 is 0 Å².